The van der Waals surface area contributed by atoms with Crippen molar-refractivity contribution in [2.45, 2.75) is 32.9 Å². The predicted octanol–water partition coefficient (Wildman–Crippen LogP) is 2.93. The van der Waals surface area contributed by atoms with Gasteiger partial charge in [0.15, 0.2) is 0 Å². The number of benzene rings is 1. The molecular formula is C15H20N2O2S. The Hall–Kier alpha value is -1.59. The van der Waals surface area contributed by atoms with E-state index < -0.39 is 0 Å². The van der Waals surface area contributed by atoms with Gasteiger partial charge in [0, 0.05) is 11.4 Å². The minimum absolute atomic E-state index is 0.0750. The SMILES string of the molecule is COc1ccc(OCc2csc(C)n2)c(CC(C)N)c1. The molecule has 2 N–H and O–H groups in total. The first-order chi connectivity index (χ1) is 9.58. The number of nitrogens with zero attached hydrogens (tertiary/aromatic N) is 1. The smallest absolute Gasteiger partial charge is 0.131 e. The van der Waals surface area contributed by atoms with E-state index >= 15 is 0 Å². The largest absolute Gasteiger partial charge is 0.497 e. The van der Waals surface area contributed by atoms with E-state index in [0.717, 1.165) is 34.2 Å². The lowest BCUT2D eigenvalue weighted by molar-refractivity contribution is 0.297. The summed E-state index contributed by atoms with van der Waals surface area (Å²) in [5, 5.41) is 3.07. The Morgan fingerprint density at radius 3 is 2.80 bits per heavy atom. The van der Waals surface area contributed by atoms with Gasteiger partial charge < -0.3 is 15.2 Å². The molecule has 1 aromatic carbocycles. The van der Waals surface area contributed by atoms with E-state index in [9.17, 15) is 0 Å². The summed E-state index contributed by atoms with van der Waals surface area (Å²) in [4.78, 5) is 4.39. The van der Waals surface area contributed by atoms with E-state index in [-0.39, 0.29) is 6.04 Å². The Bertz CT molecular complexity index is 567. The summed E-state index contributed by atoms with van der Waals surface area (Å²) in [7, 11) is 1.66. The topological polar surface area (TPSA) is 57.4 Å². The van der Waals surface area contributed by atoms with Crippen molar-refractivity contribution in [2.24, 2.45) is 5.73 Å². The highest BCUT2D eigenvalue weighted by Gasteiger charge is 2.09. The van der Waals surface area contributed by atoms with Crippen molar-refractivity contribution in [1.82, 2.24) is 4.98 Å². The standard InChI is InChI=1S/C15H20N2O2S/c1-10(16)6-12-7-14(18-3)4-5-15(12)19-8-13-9-20-11(2)17-13/h4-5,7,9-10H,6,8,16H2,1-3H3. The molecule has 0 fully saturated rings. The van der Waals surface area contributed by atoms with Crippen molar-refractivity contribution in [1.29, 1.82) is 0 Å². The molecular weight excluding hydrogens is 272 g/mol. The highest BCUT2D eigenvalue weighted by atomic mass is 32.1. The Morgan fingerprint density at radius 1 is 1.40 bits per heavy atom. The molecule has 0 amide bonds. The minimum Gasteiger partial charge on any atom is -0.497 e. The number of thiazole rings is 1. The number of aromatic nitrogens is 1. The average molecular weight is 292 g/mol. The highest BCUT2D eigenvalue weighted by molar-refractivity contribution is 7.09. The Morgan fingerprint density at radius 2 is 2.20 bits per heavy atom. The summed E-state index contributed by atoms with van der Waals surface area (Å²) in [6, 6.07) is 5.87. The molecule has 0 saturated carbocycles. The van der Waals surface area contributed by atoms with Gasteiger partial charge in [-0.05, 0) is 44.0 Å². The zero-order valence-corrected chi connectivity index (χ0v) is 12.9. The number of ether oxygens (including phenoxy) is 2. The number of methoxy groups -OCH3 is 1. The van der Waals surface area contributed by atoms with Crippen LogP contribution in [-0.2, 0) is 13.0 Å². The van der Waals surface area contributed by atoms with E-state index in [1.165, 1.54) is 0 Å². The first-order valence-electron chi connectivity index (χ1n) is 6.54. The van der Waals surface area contributed by atoms with Crippen molar-refractivity contribution < 1.29 is 9.47 Å². The number of aryl methyl sites for hydroxylation is 1. The third kappa shape index (κ3) is 3.95. The van der Waals surface area contributed by atoms with Crippen LogP contribution in [0.3, 0.4) is 0 Å². The van der Waals surface area contributed by atoms with E-state index in [1.54, 1.807) is 18.4 Å². The molecule has 0 spiro atoms. The first kappa shape index (κ1) is 14.8. The molecule has 0 bridgehead atoms. The normalized spacial score (nSPS) is 12.2. The monoisotopic (exact) mass is 292 g/mol. The molecule has 1 heterocycles. The van der Waals surface area contributed by atoms with Gasteiger partial charge in [-0.25, -0.2) is 4.98 Å². The Kier molecular flexibility index (Phi) is 4.98. The maximum atomic E-state index is 5.89. The fourth-order valence-electron chi connectivity index (χ4n) is 1.96. The number of nitrogens with two attached hydrogens (primary N) is 1. The maximum absolute atomic E-state index is 5.89. The molecule has 20 heavy (non-hydrogen) atoms. The lowest BCUT2D eigenvalue weighted by Gasteiger charge is -2.14. The van der Waals surface area contributed by atoms with Crippen LogP contribution in [0.25, 0.3) is 0 Å². The molecule has 1 unspecified atom stereocenters. The zero-order chi connectivity index (χ0) is 14.5. The second kappa shape index (κ2) is 6.72. The summed E-state index contributed by atoms with van der Waals surface area (Å²) >= 11 is 1.63. The fraction of sp³-hybridized carbons (Fsp3) is 0.400. The van der Waals surface area contributed by atoms with Crippen LogP contribution in [0.2, 0.25) is 0 Å². The number of rotatable bonds is 6. The van der Waals surface area contributed by atoms with Gasteiger partial charge in [-0.1, -0.05) is 0 Å². The average Bonchev–Trinajstić information content (AvgIpc) is 2.82. The first-order valence-corrected chi connectivity index (χ1v) is 7.42. The van der Waals surface area contributed by atoms with Crippen LogP contribution in [0.15, 0.2) is 23.6 Å². The van der Waals surface area contributed by atoms with Gasteiger partial charge in [-0.3, -0.25) is 0 Å². The molecule has 5 heteroatoms. The molecule has 0 aliphatic heterocycles. The second-order valence-electron chi connectivity index (χ2n) is 4.80. The van der Waals surface area contributed by atoms with Crippen LogP contribution < -0.4 is 15.2 Å². The van der Waals surface area contributed by atoms with E-state index in [4.69, 9.17) is 15.2 Å². The van der Waals surface area contributed by atoms with Crippen molar-refractivity contribution in [3.63, 3.8) is 0 Å². The van der Waals surface area contributed by atoms with Crippen LogP contribution in [0.5, 0.6) is 11.5 Å². The summed E-state index contributed by atoms with van der Waals surface area (Å²) in [6.07, 6.45) is 0.753. The molecule has 0 aliphatic carbocycles. The minimum atomic E-state index is 0.0750. The van der Waals surface area contributed by atoms with Gasteiger partial charge in [0.2, 0.25) is 0 Å². The van der Waals surface area contributed by atoms with Gasteiger partial charge in [0.25, 0.3) is 0 Å². The second-order valence-corrected chi connectivity index (χ2v) is 5.86. The van der Waals surface area contributed by atoms with Crippen molar-refractivity contribution in [3.8, 4) is 11.5 Å². The van der Waals surface area contributed by atoms with Crippen LogP contribution in [-0.4, -0.2) is 18.1 Å². The van der Waals surface area contributed by atoms with Gasteiger partial charge in [-0.15, -0.1) is 11.3 Å². The molecule has 4 nitrogen and oxygen atoms in total. The van der Waals surface area contributed by atoms with E-state index in [1.807, 2.05) is 37.4 Å². The van der Waals surface area contributed by atoms with Crippen molar-refractivity contribution in [2.75, 3.05) is 7.11 Å². The fourth-order valence-corrected chi connectivity index (χ4v) is 2.55. The lowest BCUT2D eigenvalue weighted by atomic mass is 10.1. The highest BCUT2D eigenvalue weighted by Crippen LogP contribution is 2.26. The molecule has 108 valence electrons. The van der Waals surface area contributed by atoms with Crippen molar-refractivity contribution >= 4 is 11.3 Å². The maximum Gasteiger partial charge on any atom is 0.131 e. The van der Waals surface area contributed by atoms with Gasteiger partial charge in [0.1, 0.15) is 18.1 Å². The summed E-state index contributed by atoms with van der Waals surface area (Å²) in [6.45, 7) is 4.44. The molecule has 0 aliphatic rings. The van der Waals surface area contributed by atoms with Gasteiger partial charge >= 0.3 is 0 Å². The summed E-state index contributed by atoms with van der Waals surface area (Å²) in [5.74, 6) is 1.66. The molecule has 0 radical (unpaired) electrons. The van der Waals surface area contributed by atoms with Crippen LogP contribution in [0.4, 0.5) is 0 Å². The van der Waals surface area contributed by atoms with Crippen molar-refractivity contribution in [3.05, 3.63) is 39.8 Å². The molecule has 0 saturated heterocycles. The molecule has 2 aromatic rings. The quantitative estimate of drug-likeness (QED) is 0.889. The summed E-state index contributed by atoms with van der Waals surface area (Å²) < 4.78 is 11.1. The van der Waals surface area contributed by atoms with Crippen LogP contribution in [0, 0.1) is 6.92 Å². The van der Waals surface area contributed by atoms with Gasteiger partial charge in [-0.2, -0.15) is 0 Å². The zero-order valence-electron chi connectivity index (χ0n) is 12.1. The molecule has 1 aromatic heterocycles. The van der Waals surface area contributed by atoms with Gasteiger partial charge in [0.05, 0.1) is 17.8 Å². The number of hydrogen-bond acceptors (Lipinski definition) is 5. The van der Waals surface area contributed by atoms with E-state index in [0.29, 0.717) is 6.61 Å². The lowest BCUT2D eigenvalue weighted by Crippen LogP contribution is -2.18. The molecule has 1 atom stereocenters. The third-order valence-corrected chi connectivity index (χ3v) is 3.67. The van der Waals surface area contributed by atoms with E-state index in [2.05, 4.69) is 4.98 Å². The van der Waals surface area contributed by atoms with Crippen LogP contribution in [0.1, 0.15) is 23.2 Å². The van der Waals surface area contributed by atoms with Crippen LogP contribution >= 0.6 is 11.3 Å². The Balaban J connectivity index is 2.12. The number of hydrogen-bond donors (Lipinski definition) is 1. The predicted molar refractivity (Wildman–Crippen MR) is 81.5 cm³/mol. The summed E-state index contributed by atoms with van der Waals surface area (Å²) in [5.41, 5.74) is 7.90. The third-order valence-electron chi connectivity index (χ3n) is 2.85. The molecule has 2 rings (SSSR count). The Labute approximate surface area is 123 Å².